The Morgan fingerprint density at radius 3 is 2.81 bits per heavy atom. The van der Waals surface area contributed by atoms with Crippen molar-refractivity contribution in [2.45, 2.75) is 32.4 Å². The quantitative estimate of drug-likeness (QED) is 0.737. The van der Waals surface area contributed by atoms with Gasteiger partial charge in [-0.25, -0.2) is 13.4 Å². The van der Waals surface area contributed by atoms with Crippen molar-refractivity contribution in [3.8, 4) is 0 Å². The summed E-state index contributed by atoms with van der Waals surface area (Å²) in [5.41, 5.74) is 5.76. The van der Waals surface area contributed by atoms with Crippen molar-refractivity contribution in [1.82, 2.24) is 14.8 Å². The Labute approximate surface area is 95.8 Å². The van der Waals surface area contributed by atoms with Crippen molar-refractivity contribution in [3.63, 3.8) is 0 Å². The maximum atomic E-state index is 11.1. The normalized spacial score (nSPS) is 13.9. The topological polar surface area (TPSA) is 90.9 Å². The minimum atomic E-state index is -3.03. The van der Waals surface area contributed by atoms with Crippen LogP contribution in [-0.4, -0.2) is 41.2 Å². The summed E-state index contributed by atoms with van der Waals surface area (Å²) in [5.74, 6) is 0.726. The molecule has 0 saturated heterocycles. The molecule has 92 valence electrons. The van der Waals surface area contributed by atoms with E-state index in [4.69, 9.17) is 5.73 Å². The largest absolute Gasteiger partial charge is 0.326 e. The molecule has 0 bridgehead atoms. The van der Waals surface area contributed by atoms with Gasteiger partial charge in [0, 0.05) is 25.3 Å². The molecule has 1 unspecified atom stereocenters. The first kappa shape index (κ1) is 13.1. The molecule has 0 spiro atoms. The van der Waals surface area contributed by atoms with Gasteiger partial charge in [-0.1, -0.05) is 6.92 Å². The summed E-state index contributed by atoms with van der Waals surface area (Å²) in [6.07, 6.45) is 4.05. The maximum Gasteiger partial charge on any atom is 0.148 e. The molecule has 1 heterocycles. The second-order valence-electron chi connectivity index (χ2n) is 3.96. The number of nitrogens with zero attached hydrogens (tertiary/aromatic N) is 3. The third-order valence-corrected chi connectivity index (χ3v) is 3.13. The van der Waals surface area contributed by atoms with Gasteiger partial charge in [0.05, 0.1) is 5.75 Å². The molecular formula is C9H18N4O2S. The van der Waals surface area contributed by atoms with E-state index in [-0.39, 0.29) is 5.75 Å². The number of rotatable bonds is 6. The van der Waals surface area contributed by atoms with Crippen LogP contribution in [0.15, 0.2) is 6.33 Å². The van der Waals surface area contributed by atoms with Gasteiger partial charge < -0.3 is 5.73 Å². The Morgan fingerprint density at radius 2 is 2.25 bits per heavy atom. The van der Waals surface area contributed by atoms with E-state index in [0.717, 1.165) is 18.8 Å². The molecule has 1 aromatic heterocycles. The average Bonchev–Trinajstić information content (AvgIpc) is 2.50. The first-order valence-electron chi connectivity index (χ1n) is 5.22. The summed E-state index contributed by atoms with van der Waals surface area (Å²) < 4.78 is 23.9. The summed E-state index contributed by atoms with van der Waals surface area (Å²) in [5, 5.41) is 4.06. The molecule has 1 aromatic rings. The standard InChI is InChI=1S/C9H18N4O2S/c1-3-4-13-9(11-7-12-13)5-8(10)6-16(2,14)15/h7-8H,3-6,10H2,1-2H3. The molecule has 0 fully saturated rings. The van der Waals surface area contributed by atoms with Crippen molar-refractivity contribution in [3.05, 3.63) is 12.2 Å². The smallest absolute Gasteiger partial charge is 0.148 e. The van der Waals surface area contributed by atoms with Crippen molar-refractivity contribution >= 4 is 9.84 Å². The van der Waals surface area contributed by atoms with E-state index in [2.05, 4.69) is 10.1 Å². The van der Waals surface area contributed by atoms with Gasteiger partial charge in [-0.15, -0.1) is 0 Å². The van der Waals surface area contributed by atoms with Crippen molar-refractivity contribution < 1.29 is 8.42 Å². The van der Waals surface area contributed by atoms with E-state index >= 15 is 0 Å². The molecule has 6 nitrogen and oxygen atoms in total. The lowest BCUT2D eigenvalue weighted by Crippen LogP contribution is -2.32. The first-order valence-corrected chi connectivity index (χ1v) is 7.28. The van der Waals surface area contributed by atoms with Crippen LogP contribution in [0, 0.1) is 0 Å². The molecule has 0 aliphatic carbocycles. The molecule has 1 atom stereocenters. The molecule has 0 amide bonds. The lowest BCUT2D eigenvalue weighted by Gasteiger charge is -2.10. The summed E-state index contributed by atoms with van der Waals surface area (Å²) >= 11 is 0. The van der Waals surface area contributed by atoms with Gasteiger partial charge in [-0.2, -0.15) is 5.10 Å². The number of aromatic nitrogens is 3. The third-order valence-electron chi connectivity index (χ3n) is 2.09. The minimum Gasteiger partial charge on any atom is -0.326 e. The first-order chi connectivity index (χ1) is 7.42. The highest BCUT2D eigenvalue weighted by molar-refractivity contribution is 7.90. The van der Waals surface area contributed by atoms with Crippen LogP contribution in [0.25, 0.3) is 0 Å². The van der Waals surface area contributed by atoms with Crippen LogP contribution in [0.3, 0.4) is 0 Å². The summed E-state index contributed by atoms with van der Waals surface area (Å²) in [4.78, 5) is 4.08. The third kappa shape index (κ3) is 4.28. The Hall–Kier alpha value is -0.950. The lowest BCUT2D eigenvalue weighted by atomic mass is 10.2. The van der Waals surface area contributed by atoms with Gasteiger partial charge in [0.25, 0.3) is 0 Å². The molecular weight excluding hydrogens is 228 g/mol. The molecule has 0 radical (unpaired) electrons. The van der Waals surface area contributed by atoms with Crippen LogP contribution in [0.1, 0.15) is 19.2 Å². The van der Waals surface area contributed by atoms with E-state index in [1.165, 1.54) is 12.6 Å². The molecule has 1 rings (SSSR count). The van der Waals surface area contributed by atoms with Gasteiger partial charge in [0.1, 0.15) is 22.0 Å². The lowest BCUT2D eigenvalue weighted by molar-refractivity contribution is 0.546. The fraction of sp³-hybridized carbons (Fsp3) is 0.778. The molecule has 0 saturated carbocycles. The highest BCUT2D eigenvalue weighted by atomic mass is 32.2. The molecule has 7 heteroatoms. The second-order valence-corrected chi connectivity index (χ2v) is 6.14. The molecule has 0 aliphatic heterocycles. The summed E-state index contributed by atoms with van der Waals surface area (Å²) in [7, 11) is -3.03. The Balaban J connectivity index is 2.62. The van der Waals surface area contributed by atoms with Crippen molar-refractivity contribution in [2.75, 3.05) is 12.0 Å². The van der Waals surface area contributed by atoms with E-state index in [1.807, 2.05) is 6.92 Å². The maximum absolute atomic E-state index is 11.1. The zero-order valence-corrected chi connectivity index (χ0v) is 10.4. The molecule has 2 N–H and O–H groups in total. The van der Waals surface area contributed by atoms with Crippen molar-refractivity contribution in [2.24, 2.45) is 5.73 Å². The molecule has 16 heavy (non-hydrogen) atoms. The Kier molecular flexibility index (Phi) is 4.43. The Bertz CT molecular complexity index is 426. The van der Waals surface area contributed by atoms with E-state index in [9.17, 15) is 8.42 Å². The number of hydrogen-bond acceptors (Lipinski definition) is 5. The van der Waals surface area contributed by atoms with Gasteiger partial charge >= 0.3 is 0 Å². The fourth-order valence-corrected chi connectivity index (χ4v) is 2.42. The number of hydrogen-bond donors (Lipinski definition) is 1. The fourth-order valence-electron chi connectivity index (χ4n) is 1.53. The number of nitrogens with two attached hydrogens (primary N) is 1. The van der Waals surface area contributed by atoms with Crippen LogP contribution in [-0.2, 0) is 22.8 Å². The van der Waals surface area contributed by atoms with Crippen molar-refractivity contribution in [1.29, 1.82) is 0 Å². The van der Waals surface area contributed by atoms with E-state index in [0.29, 0.717) is 6.42 Å². The van der Waals surface area contributed by atoms with Crippen LogP contribution < -0.4 is 5.73 Å². The van der Waals surface area contributed by atoms with Gasteiger partial charge in [-0.05, 0) is 6.42 Å². The van der Waals surface area contributed by atoms with E-state index < -0.39 is 15.9 Å². The van der Waals surface area contributed by atoms with Gasteiger partial charge in [-0.3, -0.25) is 4.68 Å². The predicted molar refractivity (Wildman–Crippen MR) is 61.7 cm³/mol. The monoisotopic (exact) mass is 246 g/mol. The van der Waals surface area contributed by atoms with Gasteiger partial charge in [0.2, 0.25) is 0 Å². The second kappa shape index (κ2) is 5.40. The summed E-state index contributed by atoms with van der Waals surface area (Å²) in [6.45, 7) is 2.82. The predicted octanol–water partition coefficient (Wildman–Crippen LogP) is -0.397. The average molecular weight is 246 g/mol. The van der Waals surface area contributed by atoms with Gasteiger partial charge in [0.15, 0.2) is 0 Å². The Morgan fingerprint density at radius 1 is 1.56 bits per heavy atom. The number of sulfone groups is 1. The van der Waals surface area contributed by atoms with Crippen LogP contribution >= 0.6 is 0 Å². The highest BCUT2D eigenvalue weighted by Crippen LogP contribution is 2.01. The summed E-state index contributed by atoms with van der Waals surface area (Å²) in [6, 6.07) is -0.421. The molecule has 0 aliphatic rings. The zero-order valence-electron chi connectivity index (χ0n) is 9.63. The number of aryl methyl sites for hydroxylation is 1. The van der Waals surface area contributed by atoms with Crippen LogP contribution in [0.2, 0.25) is 0 Å². The molecule has 0 aromatic carbocycles. The SMILES string of the molecule is CCCn1ncnc1CC(N)CS(C)(=O)=O. The highest BCUT2D eigenvalue weighted by Gasteiger charge is 2.14. The van der Waals surface area contributed by atoms with Crippen LogP contribution in [0.5, 0.6) is 0 Å². The zero-order chi connectivity index (χ0) is 12.2. The van der Waals surface area contributed by atoms with Crippen LogP contribution in [0.4, 0.5) is 0 Å². The minimum absolute atomic E-state index is 0.0218. The van der Waals surface area contributed by atoms with E-state index in [1.54, 1.807) is 4.68 Å².